The number of aromatic nitrogens is 1. The van der Waals surface area contributed by atoms with Crippen LogP contribution >= 0.6 is 0 Å². The first kappa shape index (κ1) is 13.1. The first-order valence-electron chi connectivity index (χ1n) is 4.93. The average molecular weight is 244 g/mol. The molecule has 0 aliphatic carbocycles. The second kappa shape index (κ2) is 5.38. The molecule has 0 radical (unpaired) electrons. The molecule has 1 unspecified atom stereocenters. The Morgan fingerprint density at radius 1 is 1.56 bits per heavy atom. The van der Waals surface area contributed by atoms with E-state index in [1.165, 1.54) is 18.3 Å². The molecule has 0 aliphatic rings. The molecule has 0 fully saturated rings. The van der Waals surface area contributed by atoms with Gasteiger partial charge in [-0.2, -0.15) is 0 Å². The maximum Gasteiger partial charge on any atom is 0.219 e. The summed E-state index contributed by atoms with van der Waals surface area (Å²) in [5.41, 5.74) is 0.818. The largest absolute Gasteiger partial charge is 0.395 e. The van der Waals surface area contributed by atoms with E-state index in [1.54, 1.807) is 18.5 Å². The van der Waals surface area contributed by atoms with E-state index in [0.717, 1.165) is 5.56 Å². The molecule has 1 aromatic heterocycles. The van der Waals surface area contributed by atoms with Gasteiger partial charge in [0.1, 0.15) is 0 Å². The van der Waals surface area contributed by atoms with E-state index in [4.69, 9.17) is 5.11 Å². The molecule has 1 rings (SSSR count). The highest BCUT2D eigenvalue weighted by Gasteiger charge is 2.25. The SMILES string of the molecule is CC(CO)S(=O)(=O)N(C)Cc1cccnc1. The third kappa shape index (κ3) is 3.01. The van der Waals surface area contributed by atoms with Crippen molar-refractivity contribution in [3.8, 4) is 0 Å². The Balaban J connectivity index is 2.77. The van der Waals surface area contributed by atoms with Crippen LogP contribution in [0.3, 0.4) is 0 Å². The predicted octanol–water partition coefficient (Wildman–Crippen LogP) is 0.224. The summed E-state index contributed by atoms with van der Waals surface area (Å²) in [6.07, 6.45) is 3.25. The summed E-state index contributed by atoms with van der Waals surface area (Å²) in [6.45, 7) is 1.37. The molecule has 1 atom stereocenters. The molecular weight excluding hydrogens is 228 g/mol. The van der Waals surface area contributed by atoms with Crippen LogP contribution in [0.1, 0.15) is 12.5 Å². The van der Waals surface area contributed by atoms with E-state index in [2.05, 4.69) is 4.98 Å². The van der Waals surface area contributed by atoms with Crippen molar-refractivity contribution in [2.24, 2.45) is 0 Å². The summed E-state index contributed by atoms with van der Waals surface area (Å²) < 4.78 is 24.8. The van der Waals surface area contributed by atoms with Crippen molar-refractivity contribution < 1.29 is 13.5 Å². The Labute approximate surface area is 95.8 Å². The fraction of sp³-hybridized carbons (Fsp3) is 0.500. The Morgan fingerprint density at radius 2 is 2.25 bits per heavy atom. The van der Waals surface area contributed by atoms with Crippen molar-refractivity contribution in [2.75, 3.05) is 13.7 Å². The van der Waals surface area contributed by atoms with Gasteiger partial charge >= 0.3 is 0 Å². The molecule has 0 saturated carbocycles. The molecule has 0 spiro atoms. The molecule has 1 heterocycles. The molecule has 0 amide bonds. The lowest BCUT2D eigenvalue weighted by molar-refractivity contribution is 0.290. The highest BCUT2D eigenvalue weighted by atomic mass is 32.2. The van der Waals surface area contributed by atoms with Crippen LogP contribution in [0.25, 0.3) is 0 Å². The third-order valence-corrected chi connectivity index (χ3v) is 4.49. The molecule has 0 aliphatic heterocycles. The van der Waals surface area contributed by atoms with Gasteiger partial charge in [-0.3, -0.25) is 4.98 Å². The van der Waals surface area contributed by atoms with Gasteiger partial charge in [-0.1, -0.05) is 6.07 Å². The maximum atomic E-state index is 11.8. The summed E-state index contributed by atoms with van der Waals surface area (Å²) in [5, 5.41) is 8.08. The van der Waals surface area contributed by atoms with Crippen LogP contribution in [0.2, 0.25) is 0 Å². The highest BCUT2D eigenvalue weighted by Crippen LogP contribution is 2.10. The van der Waals surface area contributed by atoms with Crippen LogP contribution < -0.4 is 0 Å². The summed E-state index contributed by atoms with van der Waals surface area (Å²) in [6, 6.07) is 3.56. The molecule has 5 nitrogen and oxygen atoms in total. The maximum absolute atomic E-state index is 11.8. The van der Waals surface area contributed by atoms with Crippen molar-refractivity contribution in [1.29, 1.82) is 0 Å². The number of sulfonamides is 1. The van der Waals surface area contributed by atoms with E-state index in [1.807, 2.05) is 6.07 Å². The van der Waals surface area contributed by atoms with Crippen LogP contribution in [-0.4, -0.2) is 41.7 Å². The minimum atomic E-state index is -3.43. The number of hydrogen-bond acceptors (Lipinski definition) is 4. The molecule has 90 valence electrons. The number of aliphatic hydroxyl groups excluding tert-OH is 1. The van der Waals surface area contributed by atoms with Crippen LogP contribution in [0.4, 0.5) is 0 Å². The monoisotopic (exact) mass is 244 g/mol. The number of hydrogen-bond donors (Lipinski definition) is 1. The van der Waals surface area contributed by atoms with Crippen LogP contribution in [0.5, 0.6) is 0 Å². The lowest BCUT2D eigenvalue weighted by atomic mass is 10.3. The molecule has 6 heteroatoms. The highest BCUT2D eigenvalue weighted by molar-refractivity contribution is 7.89. The van der Waals surface area contributed by atoms with Gasteiger partial charge in [-0.05, 0) is 18.6 Å². The summed E-state index contributed by atoms with van der Waals surface area (Å²) in [5.74, 6) is 0. The van der Waals surface area contributed by atoms with E-state index in [-0.39, 0.29) is 13.2 Å². The molecular formula is C10H16N2O3S. The van der Waals surface area contributed by atoms with Crippen molar-refractivity contribution in [3.63, 3.8) is 0 Å². The minimum absolute atomic E-state index is 0.264. The number of pyridine rings is 1. The Kier molecular flexibility index (Phi) is 4.40. The normalized spacial score (nSPS) is 14.0. The van der Waals surface area contributed by atoms with Gasteiger partial charge in [0.25, 0.3) is 0 Å². The van der Waals surface area contributed by atoms with E-state index >= 15 is 0 Å². The van der Waals surface area contributed by atoms with E-state index < -0.39 is 15.3 Å². The van der Waals surface area contributed by atoms with Gasteiger partial charge < -0.3 is 5.11 Å². The molecule has 16 heavy (non-hydrogen) atoms. The van der Waals surface area contributed by atoms with Gasteiger partial charge in [0, 0.05) is 26.0 Å². The van der Waals surface area contributed by atoms with Crippen LogP contribution in [0, 0.1) is 0 Å². The molecule has 0 bridgehead atoms. The van der Waals surface area contributed by atoms with Gasteiger partial charge in [-0.15, -0.1) is 0 Å². The third-order valence-electron chi connectivity index (χ3n) is 2.33. The van der Waals surface area contributed by atoms with Crippen molar-refractivity contribution in [1.82, 2.24) is 9.29 Å². The Hall–Kier alpha value is -0.980. The van der Waals surface area contributed by atoms with E-state index in [0.29, 0.717) is 0 Å². The predicted molar refractivity (Wildman–Crippen MR) is 61.2 cm³/mol. The van der Waals surface area contributed by atoms with Crippen LogP contribution in [-0.2, 0) is 16.6 Å². The molecule has 0 aromatic carbocycles. The summed E-state index contributed by atoms with van der Waals surface area (Å²) in [4.78, 5) is 3.91. The molecule has 0 saturated heterocycles. The lowest BCUT2D eigenvalue weighted by Crippen LogP contribution is -2.36. The number of aliphatic hydroxyl groups is 1. The second-order valence-electron chi connectivity index (χ2n) is 3.66. The zero-order valence-corrected chi connectivity index (χ0v) is 10.2. The van der Waals surface area contributed by atoms with E-state index in [9.17, 15) is 8.42 Å². The summed E-state index contributed by atoms with van der Waals surface area (Å²) in [7, 11) is -1.94. The Morgan fingerprint density at radius 3 is 2.75 bits per heavy atom. The smallest absolute Gasteiger partial charge is 0.219 e. The van der Waals surface area contributed by atoms with Gasteiger partial charge in [-0.25, -0.2) is 12.7 Å². The second-order valence-corrected chi connectivity index (χ2v) is 6.11. The quantitative estimate of drug-likeness (QED) is 0.804. The molecule has 1 aromatic rings. The first-order valence-corrected chi connectivity index (χ1v) is 6.43. The van der Waals surface area contributed by atoms with Crippen LogP contribution in [0.15, 0.2) is 24.5 Å². The lowest BCUT2D eigenvalue weighted by Gasteiger charge is -2.20. The van der Waals surface area contributed by atoms with Crippen molar-refractivity contribution in [2.45, 2.75) is 18.7 Å². The fourth-order valence-corrected chi connectivity index (χ4v) is 2.37. The van der Waals surface area contributed by atoms with Gasteiger partial charge in [0.05, 0.1) is 11.9 Å². The van der Waals surface area contributed by atoms with Crippen molar-refractivity contribution >= 4 is 10.0 Å². The topological polar surface area (TPSA) is 70.5 Å². The summed E-state index contributed by atoms with van der Waals surface area (Å²) >= 11 is 0. The van der Waals surface area contributed by atoms with Gasteiger partial charge in [0.2, 0.25) is 10.0 Å². The zero-order chi connectivity index (χ0) is 12.2. The zero-order valence-electron chi connectivity index (χ0n) is 9.37. The Bertz CT molecular complexity index is 419. The average Bonchev–Trinajstić information content (AvgIpc) is 2.29. The fourth-order valence-electron chi connectivity index (χ4n) is 1.24. The first-order chi connectivity index (χ1) is 7.48. The number of rotatable bonds is 5. The minimum Gasteiger partial charge on any atom is -0.395 e. The standard InChI is InChI=1S/C10H16N2O3S/c1-9(8-13)16(14,15)12(2)7-10-4-3-5-11-6-10/h3-6,9,13H,7-8H2,1-2H3. The van der Waals surface area contributed by atoms with Gasteiger partial charge in [0.15, 0.2) is 0 Å². The van der Waals surface area contributed by atoms with Crippen molar-refractivity contribution in [3.05, 3.63) is 30.1 Å². The molecule has 1 N–H and O–H groups in total. The number of nitrogens with zero attached hydrogens (tertiary/aromatic N) is 2.